The largest absolute Gasteiger partial charge is 0.465 e. The molecule has 120 valence electrons. The molecule has 6 heteroatoms. The van der Waals surface area contributed by atoms with Crippen LogP contribution in [0, 0.1) is 5.41 Å². The minimum Gasteiger partial charge on any atom is -0.465 e. The van der Waals surface area contributed by atoms with Crippen LogP contribution in [0.3, 0.4) is 0 Å². The summed E-state index contributed by atoms with van der Waals surface area (Å²) in [5.41, 5.74) is 0.247. The van der Waals surface area contributed by atoms with Gasteiger partial charge in [-0.3, -0.25) is 9.58 Å². The molecule has 0 bridgehead atoms. The first-order valence-corrected chi connectivity index (χ1v) is 8.39. The van der Waals surface area contributed by atoms with E-state index < -0.39 is 6.09 Å². The van der Waals surface area contributed by atoms with Crippen molar-refractivity contribution in [1.29, 1.82) is 0 Å². The van der Waals surface area contributed by atoms with Crippen molar-refractivity contribution in [2.24, 2.45) is 5.41 Å². The van der Waals surface area contributed by atoms with E-state index in [-0.39, 0.29) is 5.41 Å². The van der Waals surface area contributed by atoms with E-state index in [1.807, 2.05) is 12.3 Å². The fourth-order valence-electron chi connectivity index (χ4n) is 4.75. The minimum atomic E-state index is -0.750. The molecule has 0 radical (unpaired) electrons. The average molecular weight is 304 g/mol. The summed E-state index contributed by atoms with van der Waals surface area (Å²) in [6.07, 6.45) is 8.94. The van der Waals surface area contributed by atoms with Gasteiger partial charge in [-0.25, -0.2) is 4.79 Å². The highest BCUT2D eigenvalue weighted by Crippen LogP contribution is 2.51. The smallest absolute Gasteiger partial charge is 0.407 e. The van der Waals surface area contributed by atoms with Crippen LogP contribution in [0.15, 0.2) is 18.5 Å². The van der Waals surface area contributed by atoms with Crippen LogP contribution in [-0.4, -0.2) is 63.0 Å². The summed E-state index contributed by atoms with van der Waals surface area (Å²) in [7, 11) is 0. The molecule has 2 atom stereocenters. The van der Waals surface area contributed by atoms with Crippen molar-refractivity contribution in [2.45, 2.75) is 44.2 Å². The Kier molecular flexibility index (Phi) is 3.36. The standard InChI is InChI=1S/C16H24N4O2/c21-15(22)19-11-6-16(12-19)5-2-14(16)18-9-3-13(4-10-18)20-8-1-7-17-20/h1,7-8,13-14H,2-6,9-12H2,(H,21,22). The fraction of sp³-hybridized carbons (Fsp3) is 0.750. The maximum Gasteiger partial charge on any atom is 0.407 e. The summed E-state index contributed by atoms with van der Waals surface area (Å²) < 4.78 is 2.09. The highest BCUT2D eigenvalue weighted by molar-refractivity contribution is 5.65. The van der Waals surface area contributed by atoms with Gasteiger partial charge in [0.25, 0.3) is 0 Å². The second kappa shape index (κ2) is 5.26. The van der Waals surface area contributed by atoms with Gasteiger partial charge >= 0.3 is 6.09 Å². The summed E-state index contributed by atoms with van der Waals surface area (Å²) in [5.74, 6) is 0. The van der Waals surface area contributed by atoms with Gasteiger partial charge in [0.1, 0.15) is 0 Å². The molecule has 1 aliphatic carbocycles. The first-order valence-electron chi connectivity index (χ1n) is 8.39. The minimum absolute atomic E-state index is 0.247. The number of amides is 1. The molecule has 1 amide bonds. The Labute approximate surface area is 130 Å². The van der Waals surface area contributed by atoms with E-state index in [2.05, 4.69) is 20.9 Å². The summed E-state index contributed by atoms with van der Waals surface area (Å²) in [4.78, 5) is 15.4. The zero-order valence-corrected chi connectivity index (χ0v) is 12.9. The molecule has 2 saturated heterocycles. The highest BCUT2D eigenvalue weighted by Gasteiger charge is 2.54. The lowest BCUT2D eigenvalue weighted by Gasteiger charge is -2.54. The number of carboxylic acid groups (broad SMARTS) is 1. The molecule has 1 N–H and O–H groups in total. The van der Waals surface area contributed by atoms with E-state index in [4.69, 9.17) is 0 Å². The lowest BCUT2D eigenvalue weighted by Crippen LogP contribution is -2.58. The Morgan fingerprint density at radius 1 is 1.18 bits per heavy atom. The van der Waals surface area contributed by atoms with Gasteiger partial charge in [-0.15, -0.1) is 0 Å². The van der Waals surface area contributed by atoms with Crippen LogP contribution in [0.5, 0.6) is 0 Å². The maximum absolute atomic E-state index is 11.2. The van der Waals surface area contributed by atoms with Crippen molar-refractivity contribution in [3.63, 3.8) is 0 Å². The summed E-state index contributed by atoms with van der Waals surface area (Å²) in [5, 5.41) is 13.6. The van der Waals surface area contributed by atoms with E-state index in [0.29, 0.717) is 12.1 Å². The van der Waals surface area contributed by atoms with Crippen molar-refractivity contribution in [1.82, 2.24) is 19.6 Å². The summed E-state index contributed by atoms with van der Waals surface area (Å²) >= 11 is 0. The molecule has 6 nitrogen and oxygen atoms in total. The van der Waals surface area contributed by atoms with E-state index in [0.717, 1.165) is 45.4 Å². The highest BCUT2D eigenvalue weighted by atomic mass is 16.4. The van der Waals surface area contributed by atoms with E-state index in [1.165, 1.54) is 12.8 Å². The molecule has 3 aliphatic rings. The third-order valence-corrected chi connectivity index (χ3v) is 6.12. The van der Waals surface area contributed by atoms with Crippen molar-refractivity contribution in [3.05, 3.63) is 18.5 Å². The molecule has 1 aromatic rings. The zero-order chi connectivity index (χ0) is 15.2. The van der Waals surface area contributed by atoms with E-state index in [1.54, 1.807) is 4.90 Å². The van der Waals surface area contributed by atoms with Gasteiger partial charge < -0.3 is 10.0 Å². The number of aromatic nitrogens is 2. The molecule has 4 rings (SSSR count). The van der Waals surface area contributed by atoms with Crippen LogP contribution >= 0.6 is 0 Å². The number of hydrogen-bond donors (Lipinski definition) is 1. The van der Waals surface area contributed by atoms with Crippen LogP contribution in [0.4, 0.5) is 4.79 Å². The predicted octanol–water partition coefficient (Wildman–Crippen LogP) is 2.05. The van der Waals surface area contributed by atoms with Crippen molar-refractivity contribution in [2.75, 3.05) is 26.2 Å². The number of likely N-dealkylation sites (tertiary alicyclic amines) is 2. The number of hydrogen-bond acceptors (Lipinski definition) is 3. The Bertz CT molecular complexity index is 538. The average Bonchev–Trinajstić information content (AvgIpc) is 3.18. The SMILES string of the molecule is O=C(O)N1CCC2(CCC2N2CCC(n3cccn3)CC2)C1. The summed E-state index contributed by atoms with van der Waals surface area (Å²) in [6.45, 7) is 3.69. The lowest BCUT2D eigenvalue weighted by atomic mass is 9.63. The first kappa shape index (κ1) is 14.1. The van der Waals surface area contributed by atoms with Gasteiger partial charge in [0.15, 0.2) is 0 Å². The van der Waals surface area contributed by atoms with Crippen LogP contribution in [0.1, 0.15) is 38.1 Å². The normalized spacial score (nSPS) is 33.3. The fourth-order valence-corrected chi connectivity index (χ4v) is 4.75. The van der Waals surface area contributed by atoms with Crippen LogP contribution in [0.2, 0.25) is 0 Å². The molecule has 1 aromatic heterocycles. The molecule has 3 heterocycles. The van der Waals surface area contributed by atoms with Gasteiger partial charge in [0, 0.05) is 50.0 Å². The van der Waals surface area contributed by atoms with Gasteiger partial charge in [0.2, 0.25) is 0 Å². The molecule has 2 aliphatic heterocycles. The molecule has 1 spiro atoms. The van der Waals surface area contributed by atoms with Crippen molar-refractivity contribution < 1.29 is 9.90 Å². The third-order valence-electron chi connectivity index (χ3n) is 6.12. The van der Waals surface area contributed by atoms with Gasteiger partial charge in [-0.1, -0.05) is 0 Å². The Balaban J connectivity index is 1.37. The second-order valence-electron chi connectivity index (χ2n) is 7.12. The quantitative estimate of drug-likeness (QED) is 0.908. The molecular weight excluding hydrogens is 280 g/mol. The number of piperidine rings is 1. The zero-order valence-electron chi connectivity index (χ0n) is 12.9. The summed E-state index contributed by atoms with van der Waals surface area (Å²) in [6, 6.07) is 3.11. The molecule has 1 saturated carbocycles. The number of nitrogens with zero attached hydrogens (tertiary/aromatic N) is 4. The molecule has 2 unspecified atom stereocenters. The van der Waals surface area contributed by atoms with Crippen molar-refractivity contribution >= 4 is 6.09 Å². The van der Waals surface area contributed by atoms with Crippen LogP contribution in [0.25, 0.3) is 0 Å². The lowest BCUT2D eigenvalue weighted by molar-refractivity contribution is -0.0336. The Morgan fingerprint density at radius 3 is 2.55 bits per heavy atom. The third kappa shape index (κ3) is 2.20. The molecule has 3 fully saturated rings. The topological polar surface area (TPSA) is 61.6 Å². The number of rotatable bonds is 2. The number of carbonyl (C=O) groups is 1. The predicted molar refractivity (Wildman–Crippen MR) is 81.7 cm³/mol. The molecule has 0 aromatic carbocycles. The maximum atomic E-state index is 11.2. The van der Waals surface area contributed by atoms with Crippen LogP contribution < -0.4 is 0 Å². The molecular formula is C16H24N4O2. The van der Waals surface area contributed by atoms with Gasteiger partial charge in [0.05, 0.1) is 6.04 Å². The van der Waals surface area contributed by atoms with Gasteiger partial charge in [-0.2, -0.15) is 5.10 Å². The molecule has 22 heavy (non-hydrogen) atoms. The van der Waals surface area contributed by atoms with Crippen LogP contribution in [-0.2, 0) is 0 Å². The first-order chi connectivity index (χ1) is 10.7. The Hall–Kier alpha value is -1.56. The Morgan fingerprint density at radius 2 is 2.00 bits per heavy atom. The monoisotopic (exact) mass is 304 g/mol. The van der Waals surface area contributed by atoms with Gasteiger partial charge in [-0.05, 0) is 38.2 Å². The van der Waals surface area contributed by atoms with E-state index >= 15 is 0 Å². The second-order valence-corrected chi connectivity index (χ2v) is 7.12. The van der Waals surface area contributed by atoms with Crippen molar-refractivity contribution in [3.8, 4) is 0 Å². The van der Waals surface area contributed by atoms with E-state index in [9.17, 15) is 9.90 Å².